The molecule has 0 saturated heterocycles. The quantitative estimate of drug-likeness (QED) is 0.774. The van der Waals surface area contributed by atoms with E-state index in [1.54, 1.807) is 20.8 Å². The van der Waals surface area contributed by atoms with Gasteiger partial charge in [-0.2, -0.15) is 0 Å². The fourth-order valence-corrected chi connectivity index (χ4v) is 2.13. The fourth-order valence-electron chi connectivity index (χ4n) is 1.89. The molecule has 0 fully saturated rings. The van der Waals surface area contributed by atoms with Crippen molar-refractivity contribution in [2.24, 2.45) is 5.73 Å². The van der Waals surface area contributed by atoms with E-state index in [4.69, 9.17) is 22.4 Å². The van der Waals surface area contributed by atoms with Gasteiger partial charge in [0.25, 0.3) is 0 Å². The minimum atomic E-state index is -1.06. The molecular weight excluding hydrogens is 242 g/mol. The number of phenols is 1. The normalized spacial score (nSPS) is 12.5. The molecule has 1 atom stereocenters. The van der Waals surface area contributed by atoms with Gasteiger partial charge in [0.05, 0.1) is 5.92 Å². The van der Waals surface area contributed by atoms with Crippen molar-refractivity contribution in [1.29, 1.82) is 0 Å². The highest BCUT2D eigenvalue weighted by atomic mass is 35.5. The molecule has 1 rings (SSSR count). The number of phenolic OH excluding ortho intramolecular Hbond substituents is 1. The van der Waals surface area contributed by atoms with Crippen LogP contribution in [-0.4, -0.2) is 22.7 Å². The summed E-state index contributed by atoms with van der Waals surface area (Å²) in [4.78, 5) is 11.1. The van der Waals surface area contributed by atoms with Gasteiger partial charge in [0, 0.05) is 17.1 Å². The van der Waals surface area contributed by atoms with Crippen LogP contribution in [0.25, 0.3) is 0 Å². The molecule has 94 valence electrons. The summed E-state index contributed by atoms with van der Waals surface area (Å²) < 4.78 is 0. The molecule has 4 nitrogen and oxygen atoms in total. The number of halogens is 1. The van der Waals surface area contributed by atoms with Crippen LogP contribution in [0.15, 0.2) is 0 Å². The number of rotatable bonds is 3. The molecular formula is C12H16ClNO3. The lowest BCUT2D eigenvalue weighted by molar-refractivity contribution is -0.138. The van der Waals surface area contributed by atoms with Gasteiger partial charge in [0.2, 0.25) is 0 Å². The zero-order valence-electron chi connectivity index (χ0n) is 10.0. The molecule has 0 saturated carbocycles. The van der Waals surface area contributed by atoms with Crippen molar-refractivity contribution in [2.45, 2.75) is 26.7 Å². The number of aromatic hydroxyl groups is 1. The highest BCUT2D eigenvalue weighted by molar-refractivity contribution is 6.32. The van der Waals surface area contributed by atoms with Crippen molar-refractivity contribution in [3.8, 4) is 5.75 Å². The Kier molecular flexibility index (Phi) is 4.01. The second kappa shape index (κ2) is 4.94. The molecule has 17 heavy (non-hydrogen) atoms. The Bertz CT molecular complexity index is 442. The summed E-state index contributed by atoms with van der Waals surface area (Å²) >= 11 is 6.12. The predicted molar refractivity (Wildman–Crippen MR) is 66.8 cm³/mol. The van der Waals surface area contributed by atoms with Crippen LogP contribution in [0.4, 0.5) is 0 Å². The Labute approximate surface area is 105 Å². The lowest BCUT2D eigenvalue weighted by Crippen LogP contribution is -2.22. The summed E-state index contributed by atoms with van der Waals surface area (Å²) in [5, 5.41) is 19.6. The second-order valence-corrected chi connectivity index (χ2v) is 4.46. The third kappa shape index (κ3) is 2.23. The van der Waals surface area contributed by atoms with E-state index >= 15 is 0 Å². The van der Waals surface area contributed by atoms with E-state index in [1.807, 2.05) is 0 Å². The second-order valence-electron chi connectivity index (χ2n) is 4.08. The maximum atomic E-state index is 11.1. The van der Waals surface area contributed by atoms with E-state index in [-0.39, 0.29) is 12.3 Å². The number of carboxylic acid groups (broad SMARTS) is 1. The topological polar surface area (TPSA) is 83.6 Å². The van der Waals surface area contributed by atoms with Gasteiger partial charge in [-0.25, -0.2) is 0 Å². The van der Waals surface area contributed by atoms with Gasteiger partial charge < -0.3 is 15.9 Å². The van der Waals surface area contributed by atoms with Crippen molar-refractivity contribution in [1.82, 2.24) is 0 Å². The van der Waals surface area contributed by atoms with Crippen LogP contribution in [0.5, 0.6) is 5.75 Å². The first-order chi connectivity index (χ1) is 7.82. The van der Waals surface area contributed by atoms with Crippen LogP contribution in [-0.2, 0) is 4.79 Å². The molecule has 0 heterocycles. The van der Waals surface area contributed by atoms with Crippen molar-refractivity contribution in [3.05, 3.63) is 27.3 Å². The molecule has 1 aromatic rings. The summed E-state index contributed by atoms with van der Waals surface area (Å²) in [6.07, 6.45) is 0. The SMILES string of the molecule is Cc1c(C)c(Cl)c(C)c(C(CN)C(=O)O)c1O. The summed E-state index contributed by atoms with van der Waals surface area (Å²) in [6.45, 7) is 5.10. The van der Waals surface area contributed by atoms with Gasteiger partial charge in [-0.05, 0) is 37.5 Å². The fraction of sp³-hybridized carbons (Fsp3) is 0.417. The highest BCUT2D eigenvalue weighted by Gasteiger charge is 2.26. The Morgan fingerprint density at radius 1 is 1.29 bits per heavy atom. The molecule has 1 unspecified atom stereocenters. The Morgan fingerprint density at radius 3 is 2.24 bits per heavy atom. The van der Waals surface area contributed by atoms with Gasteiger partial charge >= 0.3 is 5.97 Å². The maximum absolute atomic E-state index is 11.1. The van der Waals surface area contributed by atoms with Crippen molar-refractivity contribution in [2.75, 3.05) is 6.54 Å². The molecule has 0 amide bonds. The van der Waals surface area contributed by atoms with Gasteiger partial charge in [-0.15, -0.1) is 0 Å². The third-order valence-corrected chi connectivity index (χ3v) is 3.68. The van der Waals surface area contributed by atoms with E-state index in [1.165, 1.54) is 0 Å². The van der Waals surface area contributed by atoms with Gasteiger partial charge in [0.1, 0.15) is 5.75 Å². The van der Waals surface area contributed by atoms with Crippen LogP contribution < -0.4 is 5.73 Å². The van der Waals surface area contributed by atoms with Gasteiger partial charge in [-0.1, -0.05) is 11.6 Å². The molecule has 0 aliphatic heterocycles. The smallest absolute Gasteiger partial charge is 0.312 e. The monoisotopic (exact) mass is 257 g/mol. The van der Waals surface area contributed by atoms with Gasteiger partial charge in [0.15, 0.2) is 0 Å². The molecule has 0 aliphatic carbocycles. The Hall–Kier alpha value is -1.26. The minimum Gasteiger partial charge on any atom is -0.507 e. The van der Waals surface area contributed by atoms with E-state index in [0.29, 0.717) is 21.7 Å². The van der Waals surface area contributed by atoms with Crippen LogP contribution in [0.3, 0.4) is 0 Å². The zero-order valence-corrected chi connectivity index (χ0v) is 10.8. The molecule has 1 aromatic carbocycles. The predicted octanol–water partition coefficient (Wildman–Crippen LogP) is 2.10. The summed E-state index contributed by atoms with van der Waals surface area (Å²) in [5.41, 5.74) is 7.68. The molecule has 0 aliphatic rings. The van der Waals surface area contributed by atoms with Crippen molar-refractivity contribution >= 4 is 17.6 Å². The number of aliphatic carboxylic acids is 1. The van der Waals surface area contributed by atoms with E-state index in [2.05, 4.69) is 0 Å². The number of carbonyl (C=O) groups is 1. The van der Waals surface area contributed by atoms with E-state index in [9.17, 15) is 9.90 Å². The lowest BCUT2D eigenvalue weighted by atomic mass is 9.90. The molecule has 0 aromatic heterocycles. The number of hydrogen-bond acceptors (Lipinski definition) is 3. The average Bonchev–Trinajstić information content (AvgIpc) is 2.29. The summed E-state index contributed by atoms with van der Waals surface area (Å²) in [6, 6.07) is 0. The molecule has 0 bridgehead atoms. The standard InChI is InChI=1S/C12H16ClNO3/c1-5-6(2)11(15)9(7(3)10(5)13)8(4-14)12(16)17/h8,15H,4,14H2,1-3H3,(H,16,17). The molecule has 0 spiro atoms. The number of carboxylic acids is 1. The minimum absolute atomic E-state index is 0.0257. The summed E-state index contributed by atoms with van der Waals surface area (Å²) in [5.74, 6) is -2.03. The van der Waals surface area contributed by atoms with Crippen LogP contribution in [0, 0.1) is 20.8 Å². The Morgan fingerprint density at radius 2 is 1.82 bits per heavy atom. The largest absolute Gasteiger partial charge is 0.507 e. The molecule has 4 N–H and O–H groups in total. The summed E-state index contributed by atoms with van der Waals surface area (Å²) in [7, 11) is 0. The van der Waals surface area contributed by atoms with Crippen molar-refractivity contribution < 1.29 is 15.0 Å². The molecule has 0 radical (unpaired) electrons. The lowest BCUT2D eigenvalue weighted by Gasteiger charge is -2.19. The maximum Gasteiger partial charge on any atom is 0.312 e. The van der Waals surface area contributed by atoms with Crippen LogP contribution in [0.1, 0.15) is 28.2 Å². The zero-order chi connectivity index (χ0) is 13.3. The number of nitrogens with two attached hydrogens (primary N) is 1. The first-order valence-electron chi connectivity index (χ1n) is 5.23. The number of hydrogen-bond donors (Lipinski definition) is 3. The third-order valence-electron chi connectivity index (χ3n) is 3.12. The number of benzene rings is 1. The highest BCUT2D eigenvalue weighted by Crippen LogP contribution is 2.38. The first kappa shape index (κ1) is 13.8. The Balaban J connectivity index is 3.58. The van der Waals surface area contributed by atoms with E-state index in [0.717, 1.165) is 5.56 Å². The van der Waals surface area contributed by atoms with Crippen LogP contribution in [0.2, 0.25) is 5.02 Å². The average molecular weight is 258 g/mol. The first-order valence-corrected chi connectivity index (χ1v) is 5.61. The van der Waals surface area contributed by atoms with Crippen LogP contribution >= 0.6 is 11.6 Å². The van der Waals surface area contributed by atoms with E-state index < -0.39 is 11.9 Å². The van der Waals surface area contributed by atoms with Crippen molar-refractivity contribution in [3.63, 3.8) is 0 Å². The van der Waals surface area contributed by atoms with Gasteiger partial charge in [-0.3, -0.25) is 4.79 Å². The molecule has 5 heteroatoms.